The fourth-order valence-corrected chi connectivity index (χ4v) is 2.29. The summed E-state index contributed by atoms with van der Waals surface area (Å²) in [5.74, 6) is 2.11. The third kappa shape index (κ3) is 3.31. The molecule has 0 aromatic heterocycles. The van der Waals surface area contributed by atoms with Crippen LogP contribution in [-0.2, 0) is 6.61 Å². The van der Waals surface area contributed by atoms with Gasteiger partial charge in [-0.2, -0.15) is 0 Å². The molecule has 0 atom stereocenters. The smallest absolute Gasteiger partial charge is 0.203 e. The van der Waals surface area contributed by atoms with Crippen molar-refractivity contribution in [1.29, 1.82) is 0 Å². The van der Waals surface area contributed by atoms with Gasteiger partial charge < -0.3 is 24.7 Å². The Kier molecular flexibility index (Phi) is 5.22. The first-order valence-corrected chi connectivity index (χ1v) is 6.94. The molecule has 6 heteroatoms. The largest absolute Gasteiger partial charge is 0.493 e. The number of anilines is 1. The summed E-state index contributed by atoms with van der Waals surface area (Å²) < 4.78 is 21.6. The fourth-order valence-electron chi connectivity index (χ4n) is 2.05. The van der Waals surface area contributed by atoms with Crippen molar-refractivity contribution in [3.63, 3.8) is 0 Å². The van der Waals surface area contributed by atoms with Crippen LogP contribution in [-0.4, -0.2) is 21.3 Å². The van der Waals surface area contributed by atoms with E-state index in [-0.39, 0.29) is 6.61 Å². The maximum Gasteiger partial charge on any atom is 0.203 e. The van der Waals surface area contributed by atoms with Crippen LogP contribution in [0.4, 0.5) is 5.69 Å². The molecule has 2 rings (SSSR count). The zero-order valence-corrected chi connectivity index (χ0v) is 13.4. The molecule has 0 fully saturated rings. The van der Waals surface area contributed by atoms with Gasteiger partial charge in [-0.25, -0.2) is 0 Å². The maximum absolute atomic E-state index is 6.09. The number of hydrogen-bond acceptors (Lipinski definition) is 5. The van der Waals surface area contributed by atoms with Gasteiger partial charge in [0.15, 0.2) is 17.2 Å². The van der Waals surface area contributed by atoms with E-state index in [0.717, 1.165) is 5.56 Å². The minimum atomic E-state index is 0.268. The number of nitrogen functional groups attached to an aromatic ring is 1. The summed E-state index contributed by atoms with van der Waals surface area (Å²) in [5, 5.41) is 0.465. The highest BCUT2D eigenvalue weighted by Gasteiger charge is 2.14. The molecular weight excluding hydrogens is 306 g/mol. The van der Waals surface area contributed by atoms with Gasteiger partial charge in [0.2, 0.25) is 5.75 Å². The third-order valence-electron chi connectivity index (χ3n) is 3.11. The Morgan fingerprint density at radius 2 is 1.59 bits per heavy atom. The number of benzene rings is 2. The molecule has 0 saturated heterocycles. The van der Waals surface area contributed by atoms with Crippen molar-refractivity contribution in [3.8, 4) is 23.0 Å². The van der Waals surface area contributed by atoms with Crippen molar-refractivity contribution >= 4 is 17.3 Å². The van der Waals surface area contributed by atoms with Gasteiger partial charge in [0.25, 0.3) is 0 Å². The second kappa shape index (κ2) is 7.13. The van der Waals surface area contributed by atoms with Crippen LogP contribution in [0, 0.1) is 0 Å². The maximum atomic E-state index is 6.09. The van der Waals surface area contributed by atoms with E-state index in [1.54, 1.807) is 39.5 Å². The van der Waals surface area contributed by atoms with Gasteiger partial charge in [0.05, 0.1) is 32.0 Å². The van der Waals surface area contributed by atoms with E-state index in [1.165, 1.54) is 0 Å². The number of nitrogens with two attached hydrogens (primary N) is 1. The molecule has 22 heavy (non-hydrogen) atoms. The van der Waals surface area contributed by atoms with Crippen LogP contribution in [0.5, 0.6) is 23.0 Å². The Labute approximate surface area is 134 Å². The topological polar surface area (TPSA) is 62.9 Å². The molecule has 0 spiro atoms. The molecule has 0 heterocycles. The van der Waals surface area contributed by atoms with E-state index in [2.05, 4.69) is 0 Å². The van der Waals surface area contributed by atoms with Gasteiger partial charge in [-0.3, -0.25) is 0 Å². The van der Waals surface area contributed by atoms with Crippen molar-refractivity contribution < 1.29 is 18.9 Å². The first kappa shape index (κ1) is 16.1. The second-order valence-electron chi connectivity index (χ2n) is 4.48. The molecule has 5 nitrogen and oxygen atoms in total. The number of methoxy groups -OCH3 is 3. The highest BCUT2D eigenvalue weighted by atomic mass is 35.5. The van der Waals surface area contributed by atoms with Gasteiger partial charge >= 0.3 is 0 Å². The Hall–Kier alpha value is -2.27. The monoisotopic (exact) mass is 323 g/mol. The van der Waals surface area contributed by atoms with E-state index in [9.17, 15) is 0 Å². The molecule has 0 unspecified atom stereocenters. The zero-order valence-electron chi connectivity index (χ0n) is 12.7. The first-order valence-electron chi connectivity index (χ1n) is 6.56. The molecule has 0 aliphatic rings. The standard InChI is InChI=1S/C16H18ClNO4/c1-19-13-7-10(8-14(20-2)16(13)21-3)9-22-15-11(17)5-4-6-12(15)18/h4-8H,9,18H2,1-3H3. The Bertz CT molecular complexity index is 615. The van der Waals surface area contributed by atoms with Crippen molar-refractivity contribution in [2.24, 2.45) is 0 Å². The Morgan fingerprint density at radius 3 is 2.09 bits per heavy atom. The van der Waals surface area contributed by atoms with Crippen molar-refractivity contribution in [2.45, 2.75) is 6.61 Å². The van der Waals surface area contributed by atoms with E-state index in [1.807, 2.05) is 12.1 Å². The number of rotatable bonds is 6. The average molecular weight is 324 g/mol. The van der Waals surface area contributed by atoms with Gasteiger partial charge in [0.1, 0.15) is 6.61 Å². The molecule has 0 bridgehead atoms. The van der Waals surface area contributed by atoms with Crippen LogP contribution in [0.3, 0.4) is 0 Å². The molecule has 0 aliphatic carbocycles. The van der Waals surface area contributed by atoms with Gasteiger partial charge in [-0.15, -0.1) is 0 Å². The number of halogens is 1. The highest BCUT2D eigenvalue weighted by molar-refractivity contribution is 6.32. The van der Waals surface area contributed by atoms with Crippen molar-refractivity contribution in [1.82, 2.24) is 0 Å². The number of hydrogen-bond donors (Lipinski definition) is 1. The lowest BCUT2D eigenvalue weighted by molar-refractivity contribution is 0.300. The Morgan fingerprint density at radius 1 is 0.955 bits per heavy atom. The summed E-state index contributed by atoms with van der Waals surface area (Å²) in [6, 6.07) is 8.85. The minimum absolute atomic E-state index is 0.268. The normalized spacial score (nSPS) is 10.2. The SMILES string of the molecule is COc1cc(COc2c(N)cccc2Cl)cc(OC)c1OC. The van der Waals surface area contributed by atoms with Crippen LogP contribution < -0.4 is 24.7 Å². The van der Waals surface area contributed by atoms with Gasteiger partial charge in [0, 0.05) is 0 Å². The first-order chi connectivity index (χ1) is 10.6. The van der Waals surface area contributed by atoms with Gasteiger partial charge in [-0.05, 0) is 29.8 Å². The fraction of sp³-hybridized carbons (Fsp3) is 0.250. The summed E-state index contributed by atoms with van der Waals surface area (Å²) in [6.45, 7) is 0.268. The second-order valence-corrected chi connectivity index (χ2v) is 4.89. The van der Waals surface area contributed by atoms with E-state index in [0.29, 0.717) is 33.7 Å². The average Bonchev–Trinajstić information content (AvgIpc) is 2.53. The summed E-state index contributed by atoms with van der Waals surface area (Å²) in [6.07, 6.45) is 0. The molecule has 0 saturated carbocycles. The molecule has 0 radical (unpaired) electrons. The van der Waals surface area contributed by atoms with Gasteiger partial charge in [-0.1, -0.05) is 17.7 Å². The van der Waals surface area contributed by atoms with E-state index < -0.39 is 0 Å². The summed E-state index contributed by atoms with van der Waals surface area (Å²) in [7, 11) is 4.68. The lowest BCUT2D eigenvalue weighted by atomic mass is 10.2. The van der Waals surface area contributed by atoms with Crippen molar-refractivity contribution in [3.05, 3.63) is 40.9 Å². The summed E-state index contributed by atoms with van der Waals surface area (Å²) in [4.78, 5) is 0. The van der Waals surface area contributed by atoms with Crippen LogP contribution in [0.25, 0.3) is 0 Å². The Balaban J connectivity index is 2.26. The lowest BCUT2D eigenvalue weighted by Gasteiger charge is -2.15. The third-order valence-corrected chi connectivity index (χ3v) is 3.40. The lowest BCUT2D eigenvalue weighted by Crippen LogP contribution is -2.02. The quantitative estimate of drug-likeness (QED) is 0.824. The molecule has 0 aliphatic heterocycles. The van der Waals surface area contributed by atoms with E-state index in [4.69, 9.17) is 36.3 Å². The molecule has 2 aromatic rings. The van der Waals surface area contributed by atoms with Crippen LogP contribution in [0.2, 0.25) is 5.02 Å². The predicted molar refractivity (Wildman–Crippen MR) is 86.3 cm³/mol. The molecule has 118 valence electrons. The highest BCUT2D eigenvalue weighted by Crippen LogP contribution is 2.39. The van der Waals surface area contributed by atoms with Crippen LogP contribution >= 0.6 is 11.6 Å². The van der Waals surface area contributed by atoms with Crippen LogP contribution in [0.1, 0.15) is 5.56 Å². The van der Waals surface area contributed by atoms with Crippen molar-refractivity contribution in [2.75, 3.05) is 27.1 Å². The predicted octanol–water partition coefficient (Wildman–Crippen LogP) is 3.53. The molecular formula is C16H18ClNO4. The zero-order chi connectivity index (χ0) is 16.1. The molecule has 0 amide bonds. The number of para-hydroxylation sites is 1. The van der Waals surface area contributed by atoms with Crippen LogP contribution in [0.15, 0.2) is 30.3 Å². The molecule has 2 N–H and O–H groups in total. The summed E-state index contributed by atoms with van der Waals surface area (Å²) in [5.41, 5.74) is 7.19. The minimum Gasteiger partial charge on any atom is -0.493 e. The molecule has 2 aromatic carbocycles. The summed E-state index contributed by atoms with van der Waals surface area (Å²) >= 11 is 6.09. The van der Waals surface area contributed by atoms with E-state index >= 15 is 0 Å². The number of ether oxygens (including phenoxy) is 4.